The average molecular weight is 336 g/mol. The summed E-state index contributed by atoms with van der Waals surface area (Å²) in [7, 11) is -0.0459. The molecule has 1 heterocycles. The standard InChI is InChI=1S/C21H41BO2/c1-19(2)20(3,4)24-22(23-19)21(5)17-15-13-11-9-7-6-8-10-12-14-16-18-21/h6-18H2,1-5H3. The molecule has 0 aromatic carbocycles. The van der Waals surface area contributed by atoms with Gasteiger partial charge in [0.05, 0.1) is 11.2 Å². The minimum atomic E-state index is -0.209. The zero-order valence-electron chi connectivity index (χ0n) is 17.1. The van der Waals surface area contributed by atoms with Gasteiger partial charge in [0.15, 0.2) is 0 Å². The molecular weight excluding hydrogens is 295 g/mol. The van der Waals surface area contributed by atoms with Crippen LogP contribution in [0.5, 0.6) is 0 Å². The Morgan fingerprint density at radius 2 is 0.792 bits per heavy atom. The zero-order valence-corrected chi connectivity index (χ0v) is 17.1. The summed E-state index contributed by atoms with van der Waals surface area (Å²) in [5.74, 6) is 0. The second-order valence-electron chi connectivity index (χ2n) is 9.63. The third-order valence-corrected chi connectivity index (χ3v) is 6.82. The zero-order chi connectivity index (χ0) is 17.7. The smallest absolute Gasteiger partial charge is 0.403 e. The summed E-state index contributed by atoms with van der Waals surface area (Å²) in [4.78, 5) is 0. The van der Waals surface area contributed by atoms with Crippen LogP contribution < -0.4 is 0 Å². The van der Waals surface area contributed by atoms with E-state index in [0.717, 1.165) is 0 Å². The van der Waals surface area contributed by atoms with Crippen molar-refractivity contribution in [3.63, 3.8) is 0 Å². The normalized spacial score (nSPS) is 29.1. The number of rotatable bonds is 1. The second-order valence-corrected chi connectivity index (χ2v) is 9.63. The molecule has 1 saturated carbocycles. The van der Waals surface area contributed by atoms with Gasteiger partial charge in [-0.15, -0.1) is 0 Å². The Kier molecular flexibility index (Phi) is 7.26. The average Bonchev–Trinajstić information content (AvgIpc) is 2.72. The van der Waals surface area contributed by atoms with Crippen LogP contribution in [0.2, 0.25) is 5.31 Å². The first-order chi connectivity index (χ1) is 11.3. The van der Waals surface area contributed by atoms with Crippen molar-refractivity contribution in [2.24, 2.45) is 0 Å². The lowest BCUT2D eigenvalue weighted by atomic mass is 9.54. The van der Waals surface area contributed by atoms with E-state index in [1.54, 1.807) is 0 Å². The molecule has 0 spiro atoms. The van der Waals surface area contributed by atoms with E-state index in [1.165, 1.54) is 83.5 Å². The van der Waals surface area contributed by atoms with Crippen LogP contribution in [-0.4, -0.2) is 18.3 Å². The van der Waals surface area contributed by atoms with E-state index in [0.29, 0.717) is 0 Å². The predicted octanol–water partition coefficient (Wildman–Crippen LogP) is 6.92. The maximum absolute atomic E-state index is 6.45. The van der Waals surface area contributed by atoms with Crippen molar-refractivity contribution in [1.29, 1.82) is 0 Å². The summed E-state index contributed by atoms with van der Waals surface area (Å²) in [5.41, 5.74) is -0.417. The lowest BCUT2D eigenvalue weighted by Gasteiger charge is -2.32. The third-order valence-electron chi connectivity index (χ3n) is 6.82. The fourth-order valence-corrected chi connectivity index (χ4v) is 4.14. The molecule has 2 nitrogen and oxygen atoms in total. The van der Waals surface area contributed by atoms with Crippen molar-refractivity contribution in [1.82, 2.24) is 0 Å². The molecule has 0 N–H and O–H groups in total. The van der Waals surface area contributed by atoms with Crippen molar-refractivity contribution in [3.05, 3.63) is 0 Å². The Hall–Kier alpha value is -0.0151. The lowest BCUT2D eigenvalue weighted by molar-refractivity contribution is 0.00578. The van der Waals surface area contributed by atoms with E-state index >= 15 is 0 Å². The van der Waals surface area contributed by atoms with Crippen LogP contribution in [0.4, 0.5) is 0 Å². The first kappa shape index (κ1) is 20.3. The topological polar surface area (TPSA) is 18.5 Å². The van der Waals surface area contributed by atoms with Crippen LogP contribution in [0, 0.1) is 0 Å². The maximum atomic E-state index is 6.45. The van der Waals surface area contributed by atoms with Gasteiger partial charge in [0.25, 0.3) is 0 Å². The molecule has 140 valence electrons. The first-order valence-corrected chi connectivity index (χ1v) is 10.6. The van der Waals surface area contributed by atoms with Crippen LogP contribution >= 0.6 is 0 Å². The molecule has 0 unspecified atom stereocenters. The summed E-state index contributed by atoms with van der Waals surface area (Å²) < 4.78 is 12.9. The molecule has 0 bridgehead atoms. The Balaban J connectivity index is 1.99. The van der Waals surface area contributed by atoms with E-state index in [4.69, 9.17) is 9.31 Å². The molecule has 0 aromatic heterocycles. The van der Waals surface area contributed by atoms with E-state index in [-0.39, 0.29) is 23.6 Å². The van der Waals surface area contributed by atoms with Crippen LogP contribution in [-0.2, 0) is 9.31 Å². The third kappa shape index (κ3) is 5.24. The fraction of sp³-hybridized carbons (Fsp3) is 1.00. The van der Waals surface area contributed by atoms with Gasteiger partial charge in [-0.25, -0.2) is 0 Å². The molecule has 0 amide bonds. The van der Waals surface area contributed by atoms with Gasteiger partial charge in [-0.3, -0.25) is 0 Å². The molecule has 0 atom stereocenters. The highest BCUT2D eigenvalue weighted by molar-refractivity contribution is 6.49. The van der Waals surface area contributed by atoms with Gasteiger partial charge in [0.1, 0.15) is 0 Å². The van der Waals surface area contributed by atoms with E-state index in [9.17, 15) is 0 Å². The molecule has 3 heteroatoms. The molecule has 2 rings (SSSR count). The van der Waals surface area contributed by atoms with Crippen LogP contribution in [0.3, 0.4) is 0 Å². The van der Waals surface area contributed by atoms with Gasteiger partial charge in [0, 0.05) is 5.31 Å². The largest absolute Gasteiger partial charge is 0.464 e. The number of hydrogen-bond acceptors (Lipinski definition) is 2. The van der Waals surface area contributed by atoms with Crippen LogP contribution in [0.15, 0.2) is 0 Å². The van der Waals surface area contributed by atoms with Gasteiger partial charge in [-0.1, -0.05) is 77.6 Å². The van der Waals surface area contributed by atoms with Gasteiger partial charge in [-0.05, 0) is 40.5 Å². The van der Waals surface area contributed by atoms with Gasteiger partial charge >= 0.3 is 7.12 Å². The van der Waals surface area contributed by atoms with E-state index in [2.05, 4.69) is 34.6 Å². The van der Waals surface area contributed by atoms with Crippen LogP contribution in [0.25, 0.3) is 0 Å². The lowest BCUT2D eigenvalue weighted by Crippen LogP contribution is -2.41. The Bertz CT molecular complexity index is 348. The monoisotopic (exact) mass is 336 g/mol. The fourth-order valence-electron chi connectivity index (χ4n) is 4.14. The SMILES string of the molecule is CC1(B2OC(C)(C)C(C)(C)O2)CCCCCCCCCCCCC1. The summed E-state index contributed by atoms with van der Waals surface area (Å²) in [6, 6.07) is 0. The quantitative estimate of drug-likeness (QED) is 0.484. The Morgan fingerprint density at radius 1 is 0.500 bits per heavy atom. The molecular formula is C21H41BO2. The summed E-state index contributed by atoms with van der Waals surface area (Å²) in [5, 5.41) is 0.162. The summed E-state index contributed by atoms with van der Waals surface area (Å²) >= 11 is 0. The highest BCUT2D eigenvalue weighted by Gasteiger charge is 2.57. The van der Waals surface area contributed by atoms with Crippen LogP contribution in [0.1, 0.15) is 118 Å². The molecule has 2 fully saturated rings. The van der Waals surface area contributed by atoms with Crippen molar-refractivity contribution in [2.45, 2.75) is 135 Å². The molecule has 1 aliphatic carbocycles. The molecule has 2 aliphatic rings. The highest BCUT2D eigenvalue weighted by atomic mass is 16.7. The summed E-state index contributed by atoms with van der Waals surface area (Å²) in [6.45, 7) is 11.1. The molecule has 0 aromatic rings. The summed E-state index contributed by atoms with van der Waals surface area (Å²) in [6.07, 6.45) is 17.8. The van der Waals surface area contributed by atoms with Gasteiger partial charge < -0.3 is 9.31 Å². The molecule has 24 heavy (non-hydrogen) atoms. The molecule has 1 aliphatic heterocycles. The van der Waals surface area contributed by atoms with Gasteiger partial charge in [-0.2, -0.15) is 0 Å². The van der Waals surface area contributed by atoms with Crippen molar-refractivity contribution < 1.29 is 9.31 Å². The van der Waals surface area contributed by atoms with E-state index < -0.39 is 0 Å². The highest BCUT2D eigenvalue weighted by Crippen LogP contribution is 2.50. The maximum Gasteiger partial charge on any atom is 0.464 e. The first-order valence-electron chi connectivity index (χ1n) is 10.6. The van der Waals surface area contributed by atoms with E-state index in [1.807, 2.05) is 0 Å². The molecule has 1 saturated heterocycles. The van der Waals surface area contributed by atoms with Crippen molar-refractivity contribution in [3.8, 4) is 0 Å². The number of hydrogen-bond donors (Lipinski definition) is 0. The predicted molar refractivity (Wildman–Crippen MR) is 104 cm³/mol. The minimum absolute atomic E-state index is 0.0459. The Morgan fingerprint density at radius 3 is 1.12 bits per heavy atom. The second kappa shape index (κ2) is 8.58. The van der Waals surface area contributed by atoms with Crippen molar-refractivity contribution in [2.75, 3.05) is 0 Å². The van der Waals surface area contributed by atoms with Gasteiger partial charge in [0.2, 0.25) is 0 Å². The van der Waals surface area contributed by atoms with Crippen molar-refractivity contribution >= 4 is 7.12 Å². The molecule has 0 radical (unpaired) electrons. The minimum Gasteiger partial charge on any atom is -0.403 e. The Labute approximate surface area is 151 Å².